The van der Waals surface area contributed by atoms with Crippen LogP contribution in [0.3, 0.4) is 0 Å². The number of carbonyl (C=O) groups excluding carboxylic acids is 1. The normalized spacial score (nSPS) is 16.6. The van der Waals surface area contributed by atoms with Crippen LogP contribution >= 0.6 is 11.8 Å². The fourth-order valence-electron chi connectivity index (χ4n) is 4.06. The highest BCUT2D eigenvalue weighted by Gasteiger charge is 2.22. The lowest BCUT2D eigenvalue weighted by atomic mass is 9.87. The smallest absolute Gasteiger partial charge is 0.277 e. The number of hydrogen-bond acceptors (Lipinski definition) is 6. The molecule has 0 saturated carbocycles. The Morgan fingerprint density at radius 3 is 2.59 bits per heavy atom. The second kappa shape index (κ2) is 9.24. The predicted molar refractivity (Wildman–Crippen MR) is 126 cm³/mol. The van der Waals surface area contributed by atoms with Crippen molar-refractivity contribution >= 4 is 17.5 Å². The molecule has 1 saturated heterocycles. The fraction of sp³-hybridized carbons (Fsp3) is 0.480. The zero-order valence-corrected chi connectivity index (χ0v) is 20.3. The Morgan fingerprint density at radius 2 is 1.94 bits per heavy atom. The summed E-state index contributed by atoms with van der Waals surface area (Å²) < 4.78 is 13.8. The van der Waals surface area contributed by atoms with Crippen molar-refractivity contribution in [1.29, 1.82) is 0 Å². The Balaban J connectivity index is 1.39. The third kappa shape index (κ3) is 4.99. The minimum atomic E-state index is 0.0657. The highest BCUT2D eigenvalue weighted by molar-refractivity contribution is 7.99. The molecular formula is C25H31N3O3S. The lowest BCUT2D eigenvalue weighted by Gasteiger charge is -2.18. The standard InChI is InChI=1S/C25H31N3O3S/c1-16-13-21(17(2)28(16)14-20-7-6-12-30-20)22(29)15-32-24-27-26-23(31-24)18-8-10-19(11-9-18)25(3,4)5/h8-11,13,20H,6-7,12,14-15H2,1-5H3. The maximum Gasteiger partial charge on any atom is 0.277 e. The van der Waals surface area contributed by atoms with E-state index >= 15 is 0 Å². The summed E-state index contributed by atoms with van der Waals surface area (Å²) in [5, 5.41) is 8.67. The van der Waals surface area contributed by atoms with E-state index in [1.165, 1.54) is 17.3 Å². The molecule has 0 amide bonds. The number of ether oxygens (including phenoxy) is 1. The van der Waals surface area contributed by atoms with Gasteiger partial charge in [0.05, 0.1) is 11.9 Å². The van der Waals surface area contributed by atoms with Crippen molar-refractivity contribution in [3.63, 3.8) is 0 Å². The first-order valence-corrected chi connectivity index (χ1v) is 12.1. The predicted octanol–water partition coefficient (Wildman–Crippen LogP) is 5.61. The molecule has 4 rings (SSSR count). The van der Waals surface area contributed by atoms with Crippen molar-refractivity contribution in [3.8, 4) is 11.5 Å². The summed E-state index contributed by atoms with van der Waals surface area (Å²) in [6.07, 6.45) is 2.43. The van der Waals surface area contributed by atoms with E-state index in [4.69, 9.17) is 9.15 Å². The van der Waals surface area contributed by atoms with Crippen LogP contribution in [0.1, 0.15) is 60.9 Å². The second-order valence-electron chi connectivity index (χ2n) is 9.44. The summed E-state index contributed by atoms with van der Waals surface area (Å²) in [4.78, 5) is 12.9. The first kappa shape index (κ1) is 22.8. The van der Waals surface area contributed by atoms with E-state index < -0.39 is 0 Å². The number of rotatable bonds is 7. The zero-order chi connectivity index (χ0) is 22.9. The Morgan fingerprint density at radius 1 is 1.19 bits per heavy atom. The largest absolute Gasteiger partial charge is 0.411 e. The van der Waals surface area contributed by atoms with E-state index in [9.17, 15) is 4.79 Å². The fourth-order valence-corrected chi connectivity index (χ4v) is 4.71. The Kier molecular flexibility index (Phi) is 6.58. The van der Waals surface area contributed by atoms with Crippen LogP contribution in [0.5, 0.6) is 0 Å². The van der Waals surface area contributed by atoms with Crippen LogP contribution in [0.25, 0.3) is 11.5 Å². The molecule has 3 aromatic rings. The number of Topliss-reactive ketones (excluding diaryl/α,β-unsaturated/α-hetero) is 1. The number of thioether (sulfide) groups is 1. The summed E-state index contributed by atoms with van der Waals surface area (Å²) in [5.41, 5.74) is 5.05. The maximum absolute atomic E-state index is 12.9. The number of hydrogen-bond donors (Lipinski definition) is 0. The third-order valence-corrected chi connectivity index (χ3v) is 6.83. The van der Waals surface area contributed by atoms with E-state index in [1.54, 1.807) is 0 Å². The molecule has 0 radical (unpaired) electrons. The quantitative estimate of drug-likeness (QED) is 0.342. The van der Waals surface area contributed by atoms with Gasteiger partial charge in [-0.05, 0) is 55.9 Å². The molecule has 1 unspecified atom stereocenters. The molecule has 1 aromatic carbocycles. The van der Waals surface area contributed by atoms with E-state index in [2.05, 4.69) is 47.7 Å². The van der Waals surface area contributed by atoms with Crippen LogP contribution in [0, 0.1) is 13.8 Å². The highest BCUT2D eigenvalue weighted by atomic mass is 32.2. The van der Waals surface area contributed by atoms with E-state index in [0.717, 1.165) is 48.5 Å². The highest BCUT2D eigenvalue weighted by Crippen LogP contribution is 2.28. The molecule has 32 heavy (non-hydrogen) atoms. The van der Waals surface area contributed by atoms with Gasteiger partial charge < -0.3 is 13.7 Å². The van der Waals surface area contributed by atoms with Crippen molar-refractivity contribution in [1.82, 2.24) is 14.8 Å². The average molecular weight is 454 g/mol. The van der Waals surface area contributed by atoms with Crippen LogP contribution in [0.2, 0.25) is 0 Å². The van der Waals surface area contributed by atoms with Gasteiger partial charge in [-0.15, -0.1) is 10.2 Å². The van der Waals surface area contributed by atoms with Gasteiger partial charge in [-0.25, -0.2) is 0 Å². The van der Waals surface area contributed by atoms with Crippen molar-refractivity contribution in [2.24, 2.45) is 0 Å². The van der Waals surface area contributed by atoms with Gasteiger partial charge in [-0.1, -0.05) is 44.7 Å². The number of nitrogens with zero attached hydrogens (tertiary/aromatic N) is 3. The van der Waals surface area contributed by atoms with Gasteiger partial charge in [-0.2, -0.15) is 0 Å². The summed E-state index contributed by atoms with van der Waals surface area (Å²) in [7, 11) is 0. The molecular weight excluding hydrogens is 422 g/mol. The second-order valence-corrected chi connectivity index (χ2v) is 10.4. The van der Waals surface area contributed by atoms with Gasteiger partial charge in [-0.3, -0.25) is 4.79 Å². The summed E-state index contributed by atoms with van der Waals surface area (Å²) in [6.45, 7) is 12.2. The summed E-state index contributed by atoms with van der Waals surface area (Å²) >= 11 is 1.28. The minimum absolute atomic E-state index is 0.0657. The van der Waals surface area contributed by atoms with Crippen molar-refractivity contribution in [3.05, 3.63) is 52.8 Å². The summed E-state index contributed by atoms with van der Waals surface area (Å²) in [5.74, 6) is 0.792. The molecule has 1 atom stereocenters. The van der Waals surface area contributed by atoms with Crippen molar-refractivity contribution in [2.75, 3.05) is 12.4 Å². The van der Waals surface area contributed by atoms with Crippen LogP contribution in [0.15, 0.2) is 40.0 Å². The molecule has 3 heterocycles. The maximum atomic E-state index is 12.9. The zero-order valence-electron chi connectivity index (χ0n) is 19.5. The van der Waals surface area contributed by atoms with Crippen LogP contribution in [-0.2, 0) is 16.7 Å². The molecule has 1 fully saturated rings. The average Bonchev–Trinajstić information content (AvgIpc) is 3.49. The van der Waals surface area contributed by atoms with Gasteiger partial charge in [0.25, 0.3) is 5.22 Å². The van der Waals surface area contributed by atoms with Gasteiger partial charge in [0.1, 0.15) is 0 Å². The minimum Gasteiger partial charge on any atom is -0.411 e. The lowest BCUT2D eigenvalue weighted by molar-refractivity contribution is 0.0957. The number of aryl methyl sites for hydroxylation is 1. The van der Waals surface area contributed by atoms with Gasteiger partial charge in [0, 0.05) is 35.7 Å². The van der Waals surface area contributed by atoms with Crippen molar-refractivity contribution < 1.29 is 13.9 Å². The molecule has 6 nitrogen and oxygen atoms in total. The molecule has 7 heteroatoms. The third-order valence-electron chi connectivity index (χ3n) is 6.02. The molecule has 2 aromatic heterocycles. The molecule has 0 spiro atoms. The van der Waals surface area contributed by atoms with Crippen LogP contribution in [-0.4, -0.2) is 39.0 Å². The van der Waals surface area contributed by atoms with Crippen molar-refractivity contribution in [2.45, 2.75) is 70.7 Å². The first-order chi connectivity index (χ1) is 15.2. The van der Waals surface area contributed by atoms with Crippen LogP contribution < -0.4 is 0 Å². The van der Waals surface area contributed by atoms with Gasteiger partial charge in [0.15, 0.2) is 5.78 Å². The molecule has 1 aliphatic heterocycles. The van der Waals surface area contributed by atoms with Gasteiger partial charge in [0.2, 0.25) is 5.89 Å². The Labute approximate surface area is 193 Å². The first-order valence-electron chi connectivity index (χ1n) is 11.1. The van der Waals surface area contributed by atoms with E-state index in [0.29, 0.717) is 11.1 Å². The molecule has 170 valence electrons. The van der Waals surface area contributed by atoms with Crippen LogP contribution in [0.4, 0.5) is 0 Å². The molecule has 0 aliphatic carbocycles. The number of aromatic nitrogens is 3. The van der Waals surface area contributed by atoms with Gasteiger partial charge >= 0.3 is 0 Å². The SMILES string of the molecule is Cc1cc(C(=O)CSc2nnc(-c3ccc(C(C)(C)C)cc3)o2)c(C)n1CC1CCCO1. The monoisotopic (exact) mass is 453 g/mol. The summed E-state index contributed by atoms with van der Waals surface area (Å²) in [6, 6.07) is 10.1. The molecule has 0 bridgehead atoms. The Bertz CT molecular complexity index is 1090. The number of ketones is 1. The number of benzene rings is 1. The molecule has 0 N–H and O–H groups in total. The van der Waals surface area contributed by atoms with E-state index in [1.807, 2.05) is 32.0 Å². The van der Waals surface area contributed by atoms with E-state index in [-0.39, 0.29) is 23.1 Å². The number of carbonyl (C=O) groups is 1. The topological polar surface area (TPSA) is 70.2 Å². The Hall–Kier alpha value is -2.38. The molecule has 1 aliphatic rings. The lowest BCUT2D eigenvalue weighted by Crippen LogP contribution is -2.17.